The molecule has 1 unspecified atom stereocenters. The highest BCUT2D eigenvalue weighted by atomic mass is 16.6. The normalized spacial score (nSPS) is 12.8. The Labute approximate surface area is 344 Å². The molecule has 0 heterocycles. The Morgan fingerprint density at radius 3 is 1.39 bits per heavy atom. The van der Waals surface area contributed by atoms with Crippen molar-refractivity contribution < 1.29 is 28.6 Å². The van der Waals surface area contributed by atoms with Crippen molar-refractivity contribution in [3.05, 3.63) is 85.1 Å². The van der Waals surface area contributed by atoms with Crippen molar-refractivity contribution in [1.29, 1.82) is 0 Å². The van der Waals surface area contributed by atoms with E-state index in [0.29, 0.717) is 19.3 Å². The fourth-order valence-corrected chi connectivity index (χ4v) is 5.81. The highest BCUT2D eigenvalue weighted by Gasteiger charge is 2.19. The second-order valence-corrected chi connectivity index (χ2v) is 14.6. The lowest BCUT2D eigenvalue weighted by Gasteiger charge is -2.18. The molecule has 0 aliphatic heterocycles. The van der Waals surface area contributed by atoms with Gasteiger partial charge in [-0.15, -0.1) is 0 Å². The van der Waals surface area contributed by atoms with Crippen LogP contribution in [0.1, 0.15) is 194 Å². The SMILES string of the molecule is CC\C=C/C=C\C=C/CCCCCCCC(=O)OC(COC(=O)CCC/C=C\C/C=C\C/C=C\CC)COC(=O)CCCCC/C=C\CCCCCCCCC. The van der Waals surface area contributed by atoms with E-state index < -0.39 is 6.10 Å². The van der Waals surface area contributed by atoms with E-state index in [4.69, 9.17) is 14.2 Å². The standard InChI is InChI=1S/C50H82O6/c1-4-7-10-13-16-19-22-24-26-28-31-34-37-40-43-49(52)55-46-47(45-54-48(51)42-39-36-33-30-27-21-18-15-12-9-6-3)56-50(53)44-41-38-35-32-29-25-23-20-17-14-11-8-5-2/h8-9,11-12,14,17-18,20-21,23,26,28,30,33,47H,4-7,10,13,15-16,19,22,24-25,27,29,31-32,34-46H2,1-3H3/b11-8-,12-9-,17-14-,21-18-,23-20-,28-26-,33-30-. The van der Waals surface area contributed by atoms with Crippen LogP contribution in [0.3, 0.4) is 0 Å². The molecule has 318 valence electrons. The van der Waals surface area contributed by atoms with Crippen LogP contribution in [0.5, 0.6) is 0 Å². The number of esters is 3. The Hall–Kier alpha value is -3.41. The second-order valence-electron chi connectivity index (χ2n) is 14.6. The molecule has 0 amide bonds. The largest absolute Gasteiger partial charge is 0.462 e. The molecule has 0 aliphatic carbocycles. The maximum atomic E-state index is 12.7. The lowest BCUT2D eigenvalue weighted by atomic mass is 10.1. The third-order valence-electron chi connectivity index (χ3n) is 9.18. The third kappa shape index (κ3) is 41.7. The second kappa shape index (κ2) is 44.3. The van der Waals surface area contributed by atoms with Crippen LogP contribution >= 0.6 is 0 Å². The number of hydrogen-bond acceptors (Lipinski definition) is 6. The van der Waals surface area contributed by atoms with Crippen molar-refractivity contribution in [3.8, 4) is 0 Å². The molecule has 1 atom stereocenters. The quantitative estimate of drug-likeness (QED) is 0.0203. The third-order valence-corrected chi connectivity index (χ3v) is 9.18. The zero-order valence-electron chi connectivity index (χ0n) is 36.1. The van der Waals surface area contributed by atoms with E-state index in [0.717, 1.165) is 103 Å². The maximum Gasteiger partial charge on any atom is 0.306 e. The first-order chi connectivity index (χ1) is 27.5. The summed E-state index contributed by atoms with van der Waals surface area (Å²) in [5.74, 6) is -1.01. The molecule has 0 radical (unpaired) electrons. The average molecular weight is 779 g/mol. The van der Waals surface area contributed by atoms with E-state index in [9.17, 15) is 14.4 Å². The Morgan fingerprint density at radius 2 is 0.804 bits per heavy atom. The molecule has 0 rings (SSSR count). The van der Waals surface area contributed by atoms with Crippen molar-refractivity contribution in [2.75, 3.05) is 13.2 Å². The molecule has 56 heavy (non-hydrogen) atoms. The number of carbonyl (C=O) groups is 3. The molecule has 0 spiro atoms. The van der Waals surface area contributed by atoms with Crippen LogP contribution in [-0.2, 0) is 28.6 Å². The summed E-state index contributed by atoms with van der Waals surface area (Å²) in [5, 5.41) is 0. The van der Waals surface area contributed by atoms with Crippen LogP contribution in [0.15, 0.2) is 85.1 Å². The molecule has 6 nitrogen and oxygen atoms in total. The molecule has 0 saturated carbocycles. The van der Waals surface area contributed by atoms with Gasteiger partial charge in [0.1, 0.15) is 13.2 Å². The number of ether oxygens (including phenoxy) is 3. The van der Waals surface area contributed by atoms with Gasteiger partial charge in [0.05, 0.1) is 0 Å². The Kier molecular flexibility index (Phi) is 41.6. The zero-order valence-corrected chi connectivity index (χ0v) is 36.1. The maximum absolute atomic E-state index is 12.7. The fraction of sp³-hybridized carbons (Fsp3) is 0.660. The van der Waals surface area contributed by atoms with Crippen LogP contribution in [-0.4, -0.2) is 37.2 Å². The summed E-state index contributed by atoms with van der Waals surface area (Å²) in [5.41, 5.74) is 0. The molecule has 0 N–H and O–H groups in total. The lowest BCUT2D eigenvalue weighted by molar-refractivity contribution is -0.167. The van der Waals surface area contributed by atoms with E-state index in [1.807, 2.05) is 6.08 Å². The Bertz CT molecular complexity index is 1120. The van der Waals surface area contributed by atoms with Crippen LogP contribution in [0.2, 0.25) is 0 Å². The van der Waals surface area contributed by atoms with Gasteiger partial charge in [0.15, 0.2) is 6.10 Å². The molecular weight excluding hydrogens is 697 g/mol. The van der Waals surface area contributed by atoms with Gasteiger partial charge in [0.2, 0.25) is 0 Å². The van der Waals surface area contributed by atoms with Crippen molar-refractivity contribution >= 4 is 17.9 Å². The number of rotatable bonds is 39. The smallest absolute Gasteiger partial charge is 0.306 e. The minimum Gasteiger partial charge on any atom is -0.462 e. The zero-order chi connectivity index (χ0) is 40.8. The number of allylic oxidation sites excluding steroid dienone is 14. The fourth-order valence-electron chi connectivity index (χ4n) is 5.81. The van der Waals surface area contributed by atoms with Crippen molar-refractivity contribution in [1.82, 2.24) is 0 Å². The number of hydrogen-bond donors (Lipinski definition) is 0. The predicted molar refractivity (Wildman–Crippen MR) is 237 cm³/mol. The highest BCUT2D eigenvalue weighted by molar-refractivity contribution is 5.71. The topological polar surface area (TPSA) is 78.9 Å². The summed E-state index contributed by atoms with van der Waals surface area (Å²) < 4.78 is 16.6. The van der Waals surface area contributed by atoms with Crippen LogP contribution in [0, 0.1) is 0 Å². The van der Waals surface area contributed by atoms with E-state index in [2.05, 4.69) is 99.8 Å². The minimum atomic E-state index is -0.811. The van der Waals surface area contributed by atoms with E-state index >= 15 is 0 Å². The van der Waals surface area contributed by atoms with Crippen LogP contribution in [0.25, 0.3) is 0 Å². The summed E-state index contributed by atoms with van der Waals surface area (Å²) in [6.45, 7) is 6.28. The summed E-state index contributed by atoms with van der Waals surface area (Å²) >= 11 is 0. The summed E-state index contributed by atoms with van der Waals surface area (Å²) in [6.07, 6.45) is 55.8. The molecule has 6 heteroatoms. The van der Waals surface area contributed by atoms with E-state index in [1.165, 1.54) is 44.9 Å². The molecule has 0 saturated heterocycles. The molecule has 0 aliphatic rings. The van der Waals surface area contributed by atoms with E-state index in [1.54, 1.807) is 0 Å². The predicted octanol–water partition coefficient (Wildman–Crippen LogP) is 14.5. The van der Waals surface area contributed by atoms with Gasteiger partial charge < -0.3 is 14.2 Å². The Balaban J connectivity index is 4.50. The number of carbonyl (C=O) groups excluding carboxylic acids is 3. The molecule has 0 aromatic rings. The summed E-state index contributed by atoms with van der Waals surface area (Å²) in [6, 6.07) is 0. The van der Waals surface area contributed by atoms with Gasteiger partial charge in [-0.2, -0.15) is 0 Å². The van der Waals surface area contributed by atoms with Crippen molar-refractivity contribution in [3.63, 3.8) is 0 Å². The van der Waals surface area contributed by atoms with Gasteiger partial charge in [0, 0.05) is 19.3 Å². The molecular formula is C50H82O6. The average Bonchev–Trinajstić information content (AvgIpc) is 3.19. The monoisotopic (exact) mass is 779 g/mol. The van der Waals surface area contributed by atoms with Crippen LogP contribution in [0.4, 0.5) is 0 Å². The molecule has 0 bridgehead atoms. The lowest BCUT2D eigenvalue weighted by Crippen LogP contribution is -2.30. The van der Waals surface area contributed by atoms with Crippen LogP contribution < -0.4 is 0 Å². The van der Waals surface area contributed by atoms with Gasteiger partial charge in [-0.05, 0) is 89.9 Å². The van der Waals surface area contributed by atoms with E-state index in [-0.39, 0.29) is 37.5 Å². The van der Waals surface area contributed by atoms with Crippen molar-refractivity contribution in [2.24, 2.45) is 0 Å². The number of unbranched alkanes of at least 4 members (excludes halogenated alkanes) is 16. The van der Waals surface area contributed by atoms with Gasteiger partial charge in [0.25, 0.3) is 0 Å². The molecule has 0 aromatic carbocycles. The first-order valence-corrected chi connectivity index (χ1v) is 22.6. The summed E-state index contributed by atoms with van der Waals surface area (Å²) in [4.78, 5) is 37.7. The summed E-state index contributed by atoms with van der Waals surface area (Å²) in [7, 11) is 0. The highest BCUT2D eigenvalue weighted by Crippen LogP contribution is 2.12. The minimum absolute atomic E-state index is 0.110. The first kappa shape index (κ1) is 52.6. The molecule has 0 fully saturated rings. The molecule has 0 aromatic heterocycles. The Morgan fingerprint density at radius 1 is 0.393 bits per heavy atom. The first-order valence-electron chi connectivity index (χ1n) is 22.6. The van der Waals surface area contributed by atoms with Gasteiger partial charge >= 0.3 is 17.9 Å². The van der Waals surface area contributed by atoms with Crippen molar-refractivity contribution in [2.45, 2.75) is 200 Å². The van der Waals surface area contributed by atoms with Gasteiger partial charge in [-0.1, -0.05) is 170 Å². The van der Waals surface area contributed by atoms with Gasteiger partial charge in [-0.25, -0.2) is 0 Å². The van der Waals surface area contributed by atoms with Gasteiger partial charge in [-0.3, -0.25) is 14.4 Å².